The summed E-state index contributed by atoms with van der Waals surface area (Å²) < 4.78 is 39.0. The normalized spacial score (nSPS) is 22.2. The maximum atomic E-state index is 13.0. The summed E-state index contributed by atoms with van der Waals surface area (Å²) in [6.07, 6.45) is -4.60. The van der Waals surface area contributed by atoms with E-state index in [1.165, 1.54) is 4.90 Å². The van der Waals surface area contributed by atoms with Crippen molar-refractivity contribution in [2.45, 2.75) is 33.0 Å². The van der Waals surface area contributed by atoms with Crippen LogP contribution in [0.4, 0.5) is 13.2 Å². The van der Waals surface area contributed by atoms with Crippen LogP contribution in [-0.4, -0.2) is 47.7 Å². The molecule has 0 aliphatic carbocycles. The van der Waals surface area contributed by atoms with E-state index in [1.807, 2.05) is 32.0 Å². The molecule has 1 heterocycles. The van der Waals surface area contributed by atoms with Crippen molar-refractivity contribution < 1.29 is 27.9 Å². The Morgan fingerprint density at radius 1 is 1.27 bits per heavy atom. The molecule has 1 fully saturated rings. The summed E-state index contributed by atoms with van der Waals surface area (Å²) in [6, 6.07) is 5.50. The van der Waals surface area contributed by atoms with Crippen molar-refractivity contribution in [1.82, 2.24) is 10.2 Å². The molecule has 0 bridgehead atoms. The Labute approximate surface area is 150 Å². The lowest BCUT2D eigenvalue weighted by atomic mass is 9.96. The molecule has 1 aromatic carbocycles. The molecule has 0 aromatic heterocycles. The molecule has 1 aromatic rings. The Morgan fingerprint density at radius 2 is 1.92 bits per heavy atom. The molecule has 1 saturated heterocycles. The van der Waals surface area contributed by atoms with Gasteiger partial charge in [0, 0.05) is 13.1 Å². The highest BCUT2D eigenvalue weighted by Gasteiger charge is 2.52. The van der Waals surface area contributed by atoms with E-state index >= 15 is 0 Å². The molecule has 1 aliphatic heterocycles. The van der Waals surface area contributed by atoms with Gasteiger partial charge in [0.1, 0.15) is 0 Å². The van der Waals surface area contributed by atoms with Crippen LogP contribution in [0.25, 0.3) is 0 Å². The zero-order valence-corrected chi connectivity index (χ0v) is 14.9. The van der Waals surface area contributed by atoms with Crippen molar-refractivity contribution >= 4 is 11.9 Å². The number of carbonyl (C=O) groups excluding carboxylic acids is 1. The lowest BCUT2D eigenvalue weighted by molar-refractivity contribution is -0.188. The number of nitrogens with one attached hydrogen (secondary N) is 1. The number of carboxylic acid groups (broad SMARTS) is 1. The number of alkyl halides is 3. The van der Waals surface area contributed by atoms with Crippen LogP contribution in [0.1, 0.15) is 29.7 Å². The van der Waals surface area contributed by atoms with Crippen LogP contribution in [0.3, 0.4) is 0 Å². The summed E-state index contributed by atoms with van der Waals surface area (Å²) >= 11 is 0. The van der Waals surface area contributed by atoms with E-state index in [-0.39, 0.29) is 19.1 Å². The van der Waals surface area contributed by atoms with Gasteiger partial charge in [0.15, 0.2) is 0 Å². The summed E-state index contributed by atoms with van der Waals surface area (Å²) in [5.74, 6) is -5.41. The van der Waals surface area contributed by atoms with E-state index < -0.39 is 36.4 Å². The van der Waals surface area contributed by atoms with E-state index in [0.717, 1.165) is 16.7 Å². The minimum Gasteiger partial charge on any atom is -0.481 e. The zero-order valence-electron chi connectivity index (χ0n) is 14.9. The molecule has 5 nitrogen and oxygen atoms in total. The second-order valence-electron chi connectivity index (χ2n) is 6.92. The van der Waals surface area contributed by atoms with Crippen LogP contribution in [0.15, 0.2) is 18.2 Å². The van der Waals surface area contributed by atoms with Gasteiger partial charge < -0.3 is 10.4 Å². The summed E-state index contributed by atoms with van der Waals surface area (Å²) in [5, 5.41) is 11.8. The van der Waals surface area contributed by atoms with E-state index in [1.54, 1.807) is 6.92 Å². The quantitative estimate of drug-likeness (QED) is 0.834. The van der Waals surface area contributed by atoms with Gasteiger partial charge in [-0.2, -0.15) is 13.2 Å². The highest BCUT2D eigenvalue weighted by Crippen LogP contribution is 2.37. The number of hydrogen-bond acceptors (Lipinski definition) is 3. The number of hydrogen-bond donors (Lipinski definition) is 2. The van der Waals surface area contributed by atoms with E-state index in [2.05, 4.69) is 5.32 Å². The highest BCUT2D eigenvalue weighted by atomic mass is 19.4. The fraction of sp³-hybridized carbons (Fsp3) is 0.556. The van der Waals surface area contributed by atoms with Crippen molar-refractivity contribution in [2.75, 3.05) is 19.6 Å². The number of aliphatic carboxylic acids is 1. The highest BCUT2D eigenvalue weighted by molar-refractivity contribution is 5.79. The molecule has 1 aliphatic rings. The van der Waals surface area contributed by atoms with Crippen molar-refractivity contribution in [3.05, 3.63) is 34.9 Å². The van der Waals surface area contributed by atoms with Crippen molar-refractivity contribution in [3.8, 4) is 0 Å². The summed E-state index contributed by atoms with van der Waals surface area (Å²) in [5.41, 5.74) is 3.11. The van der Waals surface area contributed by atoms with E-state index in [0.29, 0.717) is 0 Å². The van der Waals surface area contributed by atoms with Gasteiger partial charge in [-0.3, -0.25) is 14.5 Å². The van der Waals surface area contributed by atoms with Gasteiger partial charge >= 0.3 is 12.1 Å². The van der Waals surface area contributed by atoms with Crippen LogP contribution in [0.2, 0.25) is 0 Å². The SMILES string of the molecule is Cc1ccc(C(C)NC(=O)CN2C[C@@H](C(F)(F)F)[C@H](C(=O)O)C2)cc1C. The molecule has 8 heteroatoms. The first-order valence-electron chi connectivity index (χ1n) is 8.37. The summed E-state index contributed by atoms with van der Waals surface area (Å²) in [7, 11) is 0. The van der Waals surface area contributed by atoms with Crippen molar-refractivity contribution in [3.63, 3.8) is 0 Å². The average molecular weight is 372 g/mol. The minimum absolute atomic E-state index is 0.258. The van der Waals surface area contributed by atoms with Gasteiger partial charge in [0.05, 0.1) is 24.4 Å². The maximum absolute atomic E-state index is 13.0. The van der Waals surface area contributed by atoms with Gasteiger partial charge in [-0.1, -0.05) is 18.2 Å². The predicted octanol–water partition coefficient (Wildman–Crippen LogP) is 2.68. The molecule has 2 N–H and O–H groups in total. The number of carboxylic acids is 1. The molecule has 3 atom stereocenters. The zero-order chi connectivity index (χ0) is 19.6. The Bertz CT molecular complexity index is 691. The minimum atomic E-state index is -4.60. The van der Waals surface area contributed by atoms with Crippen LogP contribution < -0.4 is 5.32 Å². The Kier molecular flexibility index (Phi) is 5.95. The third-order valence-electron chi connectivity index (χ3n) is 4.91. The monoisotopic (exact) mass is 372 g/mol. The number of rotatable bonds is 5. The molecule has 0 spiro atoms. The summed E-state index contributed by atoms with van der Waals surface area (Å²) in [4.78, 5) is 24.5. The molecule has 26 heavy (non-hydrogen) atoms. The van der Waals surface area contributed by atoms with E-state index in [9.17, 15) is 22.8 Å². The fourth-order valence-electron chi connectivity index (χ4n) is 3.20. The summed E-state index contributed by atoms with van der Waals surface area (Å²) in [6.45, 7) is 4.71. The molecule has 1 amide bonds. The number of aryl methyl sites for hydroxylation is 2. The van der Waals surface area contributed by atoms with Crippen molar-refractivity contribution in [1.29, 1.82) is 0 Å². The van der Waals surface area contributed by atoms with Gasteiger partial charge in [-0.25, -0.2) is 0 Å². The van der Waals surface area contributed by atoms with Crippen LogP contribution in [-0.2, 0) is 9.59 Å². The molecule has 144 valence electrons. The first kappa shape index (κ1) is 20.2. The number of nitrogens with zero attached hydrogens (tertiary/aromatic N) is 1. The Balaban J connectivity index is 1.97. The average Bonchev–Trinajstić information content (AvgIpc) is 2.94. The second kappa shape index (κ2) is 7.65. The largest absolute Gasteiger partial charge is 0.481 e. The maximum Gasteiger partial charge on any atom is 0.393 e. The fourth-order valence-corrected chi connectivity index (χ4v) is 3.20. The van der Waals surface area contributed by atoms with Crippen LogP contribution in [0.5, 0.6) is 0 Å². The van der Waals surface area contributed by atoms with Gasteiger partial charge in [-0.15, -0.1) is 0 Å². The number of carbonyl (C=O) groups is 2. The van der Waals surface area contributed by atoms with Gasteiger partial charge in [0.2, 0.25) is 5.91 Å². The molecule has 0 saturated carbocycles. The first-order valence-corrected chi connectivity index (χ1v) is 8.37. The number of halogens is 3. The van der Waals surface area contributed by atoms with Crippen LogP contribution >= 0.6 is 0 Å². The lowest BCUT2D eigenvalue weighted by Crippen LogP contribution is -2.38. The smallest absolute Gasteiger partial charge is 0.393 e. The molecule has 1 unspecified atom stereocenters. The number of amides is 1. The molecule has 0 radical (unpaired) electrons. The molecule has 2 rings (SSSR count). The topological polar surface area (TPSA) is 69.6 Å². The Morgan fingerprint density at radius 3 is 2.42 bits per heavy atom. The van der Waals surface area contributed by atoms with Gasteiger partial charge in [-0.05, 0) is 37.5 Å². The number of likely N-dealkylation sites (tertiary alicyclic amines) is 1. The molecular weight excluding hydrogens is 349 g/mol. The Hall–Kier alpha value is -2.09. The molecular formula is C18H23F3N2O3. The third kappa shape index (κ3) is 4.75. The van der Waals surface area contributed by atoms with Crippen LogP contribution in [0, 0.1) is 25.7 Å². The standard InChI is InChI=1S/C18H23F3N2O3/c1-10-4-5-13(6-11(10)2)12(3)22-16(24)9-23-7-14(17(25)26)15(8-23)18(19,20)21/h4-6,12,14-15H,7-9H2,1-3H3,(H,22,24)(H,25,26)/t12?,14-,15-/m1/s1. The first-order chi connectivity index (χ1) is 12.0. The van der Waals surface area contributed by atoms with Gasteiger partial charge in [0.25, 0.3) is 0 Å². The van der Waals surface area contributed by atoms with E-state index in [4.69, 9.17) is 5.11 Å². The third-order valence-corrected chi connectivity index (χ3v) is 4.91. The predicted molar refractivity (Wildman–Crippen MR) is 89.6 cm³/mol. The lowest BCUT2D eigenvalue weighted by Gasteiger charge is -2.20. The number of benzene rings is 1. The van der Waals surface area contributed by atoms with Crippen molar-refractivity contribution in [2.24, 2.45) is 11.8 Å². The second-order valence-corrected chi connectivity index (χ2v) is 6.92.